The predicted molar refractivity (Wildman–Crippen MR) is 81.9 cm³/mol. The summed E-state index contributed by atoms with van der Waals surface area (Å²) in [7, 11) is 0. The minimum atomic E-state index is -0.990. The predicted octanol–water partition coefficient (Wildman–Crippen LogP) is 0.843. The fourth-order valence-corrected chi connectivity index (χ4v) is 3.48. The molecule has 1 atom stereocenters. The molecular formula is C16H30N2O3. The zero-order chi connectivity index (χ0) is 15.5. The highest BCUT2D eigenvalue weighted by molar-refractivity contribution is 5.79. The molecular weight excluding hydrogens is 268 g/mol. The number of rotatable bonds is 3. The van der Waals surface area contributed by atoms with Gasteiger partial charge in [0.2, 0.25) is 5.91 Å². The fraction of sp³-hybridized carbons (Fsp3) is 0.938. The van der Waals surface area contributed by atoms with Crippen LogP contribution in [-0.2, 0) is 4.79 Å². The third kappa shape index (κ3) is 4.18. The Morgan fingerprint density at radius 2 is 1.86 bits per heavy atom. The number of amides is 1. The number of hydrogen-bond acceptors (Lipinski definition) is 4. The summed E-state index contributed by atoms with van der Waals surface area (Å²) >= 11 is 0. The Labute approximate surface area is 127 Å². The van der Waals surface area contributed by atoms with Crippen molar-refractivity contribution in [3.63, 3.8) is 0 Å². The first kappa shape index (κ1) is 16.7. The quantitative estimate of drug-likeness (QED) is 0.810. The SMILES string of the molecule is CC(C)N1CCC(C(=O)N2CCCC(O)(CO)CC2)CC1. The molecule has 0 aliphatic carbocycles. The lowest BCUT2D eigenvalue weighted by Crippen LogP contribution is -2.45. The lowest BCUT2D eigenvalue weighted by Gasteiger charge is -2.36. The van der Waals surface area contributed by atoms with E-state index in [9.17, 15) is 15.0 Å². The Balaban J connectivity index is 1.86. The van der Waals surface area contributed by atoms with Gasteiger partial charge in [-0.3, -0.25) is 4.79 Å². The molecule has 122 valence electrons. The summed E-state index contributed by atoms with van der Waals surface area (Å²) in [6, 6.07) is 0.554. The Kier molecular flexibility index (Phi) is 5.63. The number of hydrogen-bond donors (Lipinski definition) is 2. The van der Waals surface area contributed by atoms with Gasteiger partial charge in [-0.2, -0.15) is 0 Å². The molecule has 21 heavy (non-hydrogen) atoms. The van der Waals surface area contributed by atoms with E-state index in [1.54, 1.807) is 0 Å². The number of nitrogens with zero attached hydrogens (tertiary/aromatic N) is 2. The number of carbonyl (C=O) groups excluding carboxylic acids is 1. The van der Waals surface area contributed by atoms with Crippen LogP contribution < -0.4 is 0 Å². The van der Waals surface area contributed by atoms with Gasteiger partial charge in [-0.15, -0.1) is 0 Å². The molecule has 1 unspecified atom stereocenters. The maximum Gasteiger partial charge on any atom is 0.225 e. The Morgan fingerprint density at radius 1 is 1.19 bits per heavy atom. The van der Waals surface area contributed by atoms with E-state index in [4.69, 9.17) is 0 Å². The average molecular weight is 298 g/mol. The Hall–Kier alpha value is -0.650. The van der Waals surface area contributed by atoms with Crippen LogP contribution in [0.1, 0.15) is 46.0 Å². The van der Waals surface area contributed by atoms with E-state index in [0.29, 0.717) is 32.0 Å². The first-order chi connectivity index (χ1) is 9.95. The summed E-state index contributed by atoms with van der Waals surface area (Å²) in [5.74, 6) is 0.390. The lowest BCUT2D eigenvalue weighted by molar-refractivity contribution is -0.137. The first-order valence-corrected chi connectivity index (χ1v) is 8.31. The summed E-state index contributed by atoms with van der Waals surface area (Å²) in [5.41, 5.74) is -0.990. The van der Waals surface area contributed by atoms with Crippen molar-refractivity contribution >= 4 is 5.91 Å². The van der Waals surface area contributed by atoms with E-state index in [2.05, 4.69) is 18.7 Å². The molecule has 5 heteroatoms. The average Bonchev–Trinajstić information content (AvgIpc) is 2.69. The van der Waals surface area contributed by atoms with Gasteiger partial charge < -0.3 is 20.0 Å². The van der Waals surface area contributed by atoms with Gasteiger partial charge in [0.05, 0.1) is 12.2 Å². The van der Waals surface area contributed by atoms with Gasteiger partial charge in [0.15, 0.2) is 0 Å². The van der Waals surface area contributed by atoms with Crippen molar-refractivity contribution in [1.29, 1.82) is 0 Å². The third-order valence-corrected chi connectivity index (χ3v) is 5.13. The largest absolute Gasteiger partial charge is 0.393 e. The summed E-state index contributed by atoms with van der Waals surface area (Å²) < 4.78 is 0. The highest BCUT2D eigenvalue weighted by Gasteiger charge is 2.34. The summed E-state index contributed by atoms with van der Waals surface area (Å²) in [6.07, 6.45) is 3.72. The molecule has 0 radical (unpaired) electrons. The molecule has 2 aliphatic heterocycles. The number of piperidine rings is 1. The summed E-state index contributed by atoms with van der Waals surface area (Å²) in [5, 5.41) is 19.4. The van der Waals surface area contributed by atoms with Gasteiger partial charge in [0, 0.05) is 25.0 Å². The second-order valence-electron chi connectivity index (χ2n) is 6.97. The topological polar surface area (TPSA) is 64.0 Å². The van der Waals surface area contributed by atoms with Crippen molar-refractivity contribution in [1.82, 2.24) is 9.80 Å². The van der Waals surface area contributed by atoms with E-state index >= 15 is 0 Å². The molecule has 5 nitrogen and oxygen atoms in total. The number of carbonyl (C=O) groups is 1. The van der Waals surface area contributed by atoms with Gasteiger partial charge in [-0.25, -0.2) is 0 Å². The van der Waals surface area contributed by atoms with Gasteiger partial charge in [0.25, 0.3) is 0 Å². The number of likely N-dealkylation sites (tertiary alicyclic amines) is 2. The highest BCUT2D eigenvalue weighted by atomic mass is 16.3. The van der Waals surface area contributed by atoms with Crippen molar-refractivity contribution in [3.8, 4) is 0 Å². The molecule has 1 amide bonds. The molecule has 2 rings (SSSR count). The molecule has 2 N–H and O–H groups in total. The molecule has 0 bridgehead atoms. The number of aliphatic hydroxyl groups excluding tert-OH is 1. The monoisotopic (exact) mass is 298 g/mol. The van der Waals surface area contributed by atoms with Crippen molar-refractivity contribution in [2.75, 3.05) is 32.8 Å². The molecule has 0 saturated carbocycles. The van der Waals surface area contributed by atoms with Crippen LogP contribution in [-0.4, -0.2) is 70.3 Å². The minimum absolute atomic E-state index is 0.139. The van der Waals surface area contributed by atoms with Crippen molar-refractivity contribution in [3.05, 3.63) is 0 Å². The van der Waals surface area contributed by atoms with E-state index in [1.165, 1.54) is 0 Å². The van der Waals surface area contributed by atoms with Gasteiger partial charge in [-0.05, 0) is 59.0 Å². The smallest absolute Gasteiger partial charge is 0.225 e. The molecule has 0 aromatic heterocycles. The molecule has 0 aromatic rings. The molecule has 2 aliphatic rings. The van der Waals surface area contributed by atoms with Crippen LogP contribution >= 0.6 is 0 Å². The van der Waals surface area contributed by atoms with Crippen LogP contribution in [0.4, 0.5) is 0 Å². The lowest BCUT2D eigenvalue weighted by atomic mass is 9.94. The van der Waals surface area contributed by atoms with E-state index in [1.807, 2.05) is 4.90 Å². The van der Waals surface area contributed by atoms with Crippen LogP contribution in [0, 0.1) is 5.92 Å². The molecule has 2 fully saturated rings. The van der Waals surface area contributed by atoms with Crippen LogP contribution in [0.2, 0.25) is 0 Å². The first-order valence-electron chi connectivity index (χ1n) is 8.31. The minimum Gasteiger partial charge on any atom is -0.393 e. The van der Waals surface area contributed by atoms with Crippen LogP contribution in [0.15, 0.2) is 0 Å². The Bertz CT molecular complexity index is 353. The highest BCUT2D eigenvalue weighted by Crippen LogP contribution is 2.25. The molecule has 0 aromatic carbocycles. The zero-order valence-electron chi connectivity index (χ0n) is 13.4. The summed E-state index contributed by atoms with van der Waals surface area (Å²) in [4.78, 5) is 17.0. The van der Waals surface area contributed by atoms with Gasteiger partial charge in [-0.1, -0.05) is 0 Å². The van der Waals surface area contributed by atoms with Gasteiger partial charge >= 0.3 is 0 Å². The molecule has 2 heterocycles. The fourth-order valence-electron chi connectivity index (χ4n) is 3.48. The number of aliphatic hydroxyl groups is 2. The van der Waals surface area contributed by atoms with E-state index in [-0.39, 0.29) is 18.4 Å². The van der Waals surface area contributed by atoms with Crippen molar-refractivity contribution in [2.24, 2.45) is 5.92 Å². The summed E-state index contributed by atoms with van der Waals surface area (Å²) in [6.45, 7) is 7.48. The maximum absolute atomic E-state index is 12.6. The van der Waals surface area contributed by atoms with Crippen molar-refractivity contribution < 1.29 is 15.0 Å². The second-order valence-corrected chi connectivity index (χ2v) is 6.97. The van der Waals surface area contributed by atoms with Crippen LogP contribution in [0.3, 0.4) is 0 Å². The van der Waals surface area contributed by atoms with Crippen LogP contribution in [0.25, 0.3) is 0 Å². The van der Waals surface area contributed by atoms with E-state index in [0.717, 1.165) is 32.4 Å². The maximum atomic E-state index is 12.6. The molecule has 0 spiro atoms. The van der Waals surface area contributed by atoms with Crippen molar-refractivity contribution in [2.45, 2.75) is 57.6 Å². The Morgan fingerprint density at radius 3 is 2.43 bits per heavy atom. The van der Waals surface area contributed by atoms with Gasteiger partial charge in [0.1, 0.15) is 0 Å². The zero-order valence-corrected chi connectivity index (χ0v) is 13.4. The normalized spacial score (nSPS) is 29.7. The van der Waals surface area contributed by atoms with Crippen LogP contribution in [0.5, 0.6) is 0 Å². The van der Waals surface area contributed by atoms with E-state index < -0.39 is 5.60 Å². The standard InChI is InChI=1S/C16H30N2O3/c1-13(2)17-9-4-14(5-10-17)15(20)18-8-3-6-16(21,12-19)7-11-18/h13-14,19,21H,3-12H2,1-2H3. The third-order valence-electron chi connectivity index (χ3n) is 5.13. The molecule has 2 saturated heterocycles. The second kappa shape index (κ2) is 7.07.